The van der Waals surface area contributed by atoms with Gasteiger partial charge in [0.15, 0.2) is 0 Å². The lowest BCUT2D eigenvalue weighted by atomic mass is 9.81. The van der Waals surface area contributed by atoms with E-state index in [2.05, 4.69) is 5.38 Å². The molecule has 1 aromatic carbocycles. The Kier molecular flexibility index (Phi) is 4.24. The van der Waals surface area contributed by atoms with Gasteiger partial charge in [-0.3, -0.25) is 0 Å². The Labute approximate surface area is 128 Å². The molecule has 2 N–H and O–H groups in total. The lowest BCUT2D eigenvalue weighted by Gasteiger charge is -2.34. The molecule has 0 atom stereocenters. The highest BCUT2D eigenvalue weighted by atomic mass is 32.1. The van der Waals surface area contributed by atoms with E-state index in [4.69, 9.17) is 20.2 Å². The minimum Gasteiger partial charge on any atom is -0.497 e. The normalized spacial score (nSPS) is 17.6. The summed E-state index contributed by atoms with van der Waals surface area (Å²) in [4.78, 5) is 4.84. The van der Waals surface area contributed by atoms with Crippen LogP contribution in [0.15, 0.2) is 29.6 Å². The van der Waals surface area contributed by atoms with E-state index in [-0.39, 0.29) is 5.41 Å². The molecule has 4 nitrogen and oxygen atoms in total. The van der Waals surface area contributed by atoms with Crippen molar-refractivity contribution >= 4 is 11.3 Å². The Balaban J connectivity index is 1.87. The van der Waals surface area contributed by atoms with Gasteiger partial charge in [-0.15, -0.1) is 11.3 Å². The molecule has 112 valence electrons. The zero-order valence-corrected chi connectivity index (χ0v) is 13.0. The summed E-state index contributed by atoms with van der Waals surface area (Å²) in [6, 6.07) is 8.00. The highest BCUT2D eigenvalue weighted by Crippen LogP contribution is 2.37. The van der Waals surface area contributed by atoms with E-state index in [9.17, 15) is 0 Å². The van der Waals surface area contributed by atoms with E-state index < -0.39 is 0 Å². The SMILES string of the molecule is COc1ccc(-c2csc(C3(CN)CCOCC3)n2)cc1. The molecule has 0 amide bonds. The number of hydrogen-bond donors (Lipinski definition) is 1. The second kappa shape index (κ2) is 6.13. The number of nitrogens with zero attached hydrogens (tertiary/aromatic N) is 1. The highest BCUT2D eigenvalue weighted by molar-refractivity contribution is 7.10. The molecule has 1 aromatic heterocycles. The molecule has 0 saturated carbocycles. The zero-order valence-electron chi connectivity index (χ0n) is 12.2. The van der Waals surface area contributed by atoms with Gasteiger partial charge in [0, 0.05) is 36.1 Å². The van der Waals surface area contributed by atoms with E-state index in [1.54, 1.807) is 18.4 Å². The number of hydrogen-bond acceptors (Lipinski definition) is 5. The van der Waals surface area contributed by atoms with E-state index in [1.165, 1.54) is 0 Å². The van der Waals surface area contributed by atoms with Crippen LogP contribution in [0.4, 0.5) is 0 Å². The number of nitrogens with two attached hydrogens (primary N) is 1. The van der Waals surface area contributed by atoms with Gasteiger partial charge in [-0.25, -0.2) is 4.98 Å². The first-order valence-electron chi connectivity index (χ1n) is 7.16. The van der Waals surface area contributed by atoms with Gasteiger partial charge in [0.1, 0.15) is 10.8 Å². The third kappa shape index (κ3) is 2.81. The molecule has 0 bridgehead atoms. The summed E-state index contributed by atoms with van der Waals surface area (Å²) in [6.07, 6.45) is 1.91. The van der Waals surface area contributed by atoms with Crippen LogP contribution in [0.25, 0.3) is 11.3 Å². The molecule has 2 aromatic rings. The average molecular weight is 304 g/mol. The molecule has 21 heavy (non-hydrogen) atoms. The monoisotopic (exact) mass is 304 g/mol. The summed E-state index contributed by atoms with van der Waals surface area (Å²) < 4.78 is 10.7. The van der Waals surface area contributed by atoms with Crippen LogP contribution in [-0.2, 0) is 10.2 Å². The van der Waals surface area contributed by atoms with E-state index in [0.717, 1.165) is 48.1 Å². The van der Waals surface area contributed by atoms with E-state index >= 15 is 0 Å². The van der Waals surface area contributed by atoms with E-state index in [1.807, 2.05) is 24.3 Å². The maximum Gasteiger partial charge on any atom is 0.118 e. The Hall–Kier alpha value is -1.43. The predicted octanol–water partition coefficient (Wildman–Crippen LogP) is 2.83. The van der Waals surface area contributed by atoms with Gasteiger partial charge < -0.3 is 15.2 Å². The van der Waals surface area contributed by atoms with Gasteiger partial charge >= 0.3 is 0 Å². The molecule has 0 unspecified atom stereocenters. The third-order valence-electron chi connectivity index (χ3n) is 4.18. The van der Waals surface area contributed by atoms with Crippen LogP contribution in [0.2, 0.25) is 0 Å². The van der Waals surface area contributed by atoms with Gasteiger partial charge in [0.2, 0.25) is 0 Å². The minimum absolute atomic E-state index is 0.00631. The fourth-order valence-electron chi connectivity index (χ4n) is 2.68. The molecular formula is C16H20N2O2S. The second-order valence-corrected chi connectivity index (χ2v) is 6.22. The number of methoxy groups -OCH3 is 1. The number of aromatic nitrogens is 1. The summed E-state index contributed by atoms with van der Waals surface area (Å²) >= 11 is 1.71. The Morgan fingerprint density at radius 3 is 2.62 bits per heavy atom. The Morgan fingerprint density at radius 1 is 1.29 bits per heavy atom. The smallest absolute Gasteiger partial charge is 0.118 e. The fraction of sp³-hybridized carbons (Fsp3) is 0.438. The van der Waals surface area contributed by atoms with Crippen LogP contribution in [0.5, 0.6) is 5.75 Å². The number of thiazole rings is 1. The largest absolute Gasteiger partial charge is 0.497 e. The lowest BCUT2D eigenvalue weighted by molar-refractivity contribution is 0.0529. The Morgan fingerprint density at radius 2 is 2.00 bits per heavy atom. The first-order chi connectivity index (χ1) is 10.3. The molecule has 5 heteroatoms. The van der Waals surface area contributed by atoms with Crippen molar-refractivity contribution in [2.24, 2.45) is 5.73 Å². The van der Waals surface area contributed by atoms with Crippen molar-refractivity contribution in [2.45, 2.75) is 18.3 Å². The molecule has 0 radical (unpaired) electrons. The van der Waals surface area contributed by atoms with Crippen molar-refractivity contribution in [3.05, 3.63) is 34.7 Å². The van der Waals surface area contributed by atoms with Crippen LogP contribution in [0.3, 0.4) is 0 Å². The quantitative estimate of drug-likeness (QED) is 0.943. The zero-order chi connectivity index (χ0) is 14.7. The van der Waals surface area contributed by atoms with Crippen LogP contribution in [0, 0.1) is 0 Å². The number of ether oxygens (including phenoxy) is 2. The van der Waals surface area contributed by atoms with Crippen molar-refractivity contribution in [3.63, 3.8) is 0 Å². The first-order valence-corrected chi connectivity index (χ1v) is 8.04. The molecule has 1 aliphatic heterocycles. The molecule has 0 aliphatic carbocycles. The van der Waals surface area contributed by atoms with Crippen LogP contribution >= 0.6 is 11.3 Å². The second-order valence-electron chi connectivity index (χ2n) is 5.36. The summed E-state index contributed by atoms with van der Waals surface area (Å²) in [5, 5.41) is 3.25. The van der Waals surface area contributed by atoms with Gasteiger partial charge in [0.05, 0.1) is 12.8 Å². The summed E-state index contributed by atoms with van der Waals surface area (Å²) in [6.45, 7) is 2.18. The fourth-order valence-corrected chi connectivity index (χ4v) is 3.78. The van der Waals surface area contributed by atoms with Crippen LogP contribution in [-0.4, -0.2) is 31.9 Å². The van der Waals surface area contributed by atoms with Gasteiger partial charge in [-0.05, 0) is 37.1 Å². The van der Waals surface area contributed by atoms with Crippen molar-refractivity contribution in [2.75, 3.05) is 26.9 Å². The van der Waals surface area contributed by atoms with Crippen molar-refractivity contribution in [1.82, 2.24) is 4.98 Å². The maximum atomic E-state index is 6.05. The third-order valence-corrected chi connectivity index (χ3v) is 5.27. The topological polar surface area (TPSA) is 57.4 Å². The summed E-state index contributed by atoms with van der Waals surface area (Å²) in [5.74, 6) is 0.858. The molecule has 1 fully saturated rings. The number of rotatable bonds is 4. The maximum absolute atomic E-state index is 6.05. The molecular weight excluding hydrogens is 284 g/mol. The highest BCUT2D eigenvalue weighted by Gasteiger charge is 2.35. The van der Waals surface area contributed by atoms with Crippen molar-refractivity contribution in [3.8, 4) is 17.0 Å². The van der Waals surface area contributed by atoms with E-state index in [0.29, 0.717) is 6.54 Å². The minimum atomic E-state index is -0.00631. The van der Waals surface area contributed by atoms with Crippen molar-refractivity contribution in [1.29, 1.82) is 0 Å². The average Bonchev–Trinajstić information content (AvgIpc) is 3.06. The van der Waals surface area contributed by atoms with Gasteiger partial charge in [-0.2, -0.15) is 0 Å². The standard InChI is InChI=1S/C16H20N2O2S/c1-19-13-4-2-12(3-5-13)14-10-21-15(18-14)16(11-17)6-8-20-9-7-16/h2-5,10H,6-9,11,17H2,1H3. The molecule has 1 saturated heterocycles. The first kappa shape index (κ1) is 14.5. The Bertz CT molecular complexity index is 589. The van der Waals surface area contributed by atoms with Crippen LogP contribution in [0.1, 0.15) is 17.8 Å². The molecule has 3 rings (SSSR count). The summed E-state index contributed by atoms with van der Waals surface area (Å²) in [7, 11) is 1.67. The van der Waals surface area contributed by atoms with Gasteiger partial charge in [0.25, 0.3) is 0 Å². The lowest BCUT2D eigenvalue weighted by Crippen LogP contribution is -2.40. The molecule has 0 spiro atoms. The van der Waals surface area contributed by atoms with Crippen LogP contribution < -0.4 is 10.5 Å². The summed E-state index contributed by atoms with van der Waals surface area (Å²) in [5.41, 5.74) is 8.16. The molecule has 2 heterocycles. The van der Waals surface area contributed by atoms with Crippen molar-refractivity contribution < 1.29 is 9.47 Å². The molecule has 1 aliphatic rings. The predicted molar refractivity (Wildman–Crippen MR) is 84.9 cm³/mol. The number of benzene rings is 1. The van der Waals surface area contributed by atoms with Gasteiger partial charge in [-0.1, -0.05) is 0 Å².